The quantitative estimate of drug-likeness (QED) is 0.269. The Hall–Kier alpha value is -1.70. The van der Waals surface area contributed by atoms with Gasteiger partial charge in [-0.1, -0.05) is 109 Å². The number of aromatic nitrogens is 2. The zero-order valence-electron chi connectivity index (χ0n) is 21.7. The van der Waals surface area contributed by atoms with Crippen LogP contribution in [0, 0.1) is 18.8 Å². The van der Waals surface area contributed by atoms with Crippen LogP contribution >= 0.6 is 0 Å². The van der Waals surface area contributed by atoms with Crippen LogP contribution in [-0.2, 0) is 12.8 Å². The lowest BCUT2D eigenvalue weighted by molar-refractivity contribution is 0.252. The van der Waals surface area contributed by atoms with Crippen LogP contribution in [0.3, 0.4) is 0 Å². The number of nitrogens with zero attached hydrogens (tertiary/aromatic N) is 2. The molecule has 1 aliphatic rings. The molecule has 0 bridgehead atoms. The molecule has 1 aliphatic carbocycles. The van der Waals surface area contributed by atoms with Gasteiger partial charge in [0.05, 0.1) is 0 Å². The highest BCUT2D eigenvalue weighted by molar-refractivity contribution is 5.66. The highest BCUT2D eigenvalue weighted by atomic mass is 14.9. The molecule has 2 aromatic rings. The molecule has 182 valence electrons. The van der Waals surface area contributed by atoms with Crippen LogP contribution in [0.25, 0.3) is 11.1 Å². The fourth-order valence-corrected chi connectivity index (χ4v) is 5.66. The minimum Gasteiger partial charge on any atom is -0.241 e. The standard InChI is InChI=1S/C31H48N2/c1-4-6-7-8-9-10-11-13-31-32-23-29(24-33-31)30-21-20-28(22-25(30)3)19-18-27-16-14-26(12-5-2)15-17-27/h20-24,26-27H,4-19H2,1-3H3. The molecule has 0 spiro atoms. The molecule has 1 saturated carbocycles. The van der Waals surface area contributed by atoms with Crippen LogP contribution in [0.4, 0.5) is 0 Å². The Bertz CT molecular complexity index is 787. The highest BCUT2D eigenvalue weighted by Crippen LogP contribution is 2.34. The molecule has 0 amide bonds. The number of rotatable bonds is 14. The summed E-state index contributed by atoms with van der Waals surface area (Å²) in [6, 6.07) is 7.01. The maximum Gasteiger partial charge on any atom is 0.128 e. The van der Waals surface area contributed by atoms with Crippen molar-refractivity contribution in [1.29, 1.82) is 0 Å². The summed E-state index contributed by atoms with van der Waals surface area (Å²) in [5.41, 5.74) is 5.27. The summed E-state index contributed by atoms with van der Waals surface area (Å²) in [6.45, 7) is 6.84. The predicted molar refractivity (Wildman–Crippen MR) is 143 cm³/mol. The van der Waals surface area contributed by atoms with Crippen molar-refractivity contribution >= 4 is 0 Å². The Kier molecular flexibility index (Phi) is 11.4. The van der Waals surface area contributed by atoms with Crippen molar-refractivity contribution in [3.8, 4) is 11.1 Å². The fourth-order valence-electron chi connectivity index (χ4n) is 5.66. The van der Waals surface area contributed by atoms with E-state index in [0.29, 0.717) is 0 Å². The lowest BCUT2D eigenvalue weighted by Crippen LogP contribution is -2.15. The predicted octanol–water partition coefficient (Wildman–Crippen LogP) is 9.28. The van der Waals surface area contributed by atoms with Gasteiger partial charge < -0.3 is 0 Å². The van der Waals surface area contributed by atoms with Crippen molar-refractivity contribution in [1.82, 2.24) is 9.97 Å². The lowest BCUT2D eigenvalue weighted by Gasteiger charge is -2.28. The summed E-state index contributed by atoms with van der Waals surface area (Å²) < 4.78 is 0. The molecule has 2 nitrogen and oxygen atoms in total. The second kappa shape index (κ2) is 14.5. The Balaban J connectivity index is 1.42. The third-order valence-electron chi connectivity index (χ3n) is 7.82. The topological polar surface area (TPSA) is 25.8 Å². The molecule has 1 heterocycles. The van der Waals surface area contributed by atoms with Gasteiger partial charge in [0, 0.05) is 24.4 Å². The van der Waals surface area contributed by atoms with Crippen LogP contribution in [-0.4, -0.2) is 9.97 Å². The zero-order valence-corrected chi connectivity index (χ0v) is 21.7. The van der Waals surface area contributed by atoms with E-state index < -0.39 is 0 Å². The van der Waals surface area contributed by atoms with Crippen LogP contribution in [0.2, 0.25) is 0 Å². The number of hydrogen-bond acceptors (Lipinski definition) is 2. The van der Waals surface area contributed by atoms with Gasteiger partial charge in [-0.25, -0.2) is 9.97 Å². The van der Waals surface area contributed by atoms with E-state index in [9.17, 15) is 0 Å². The Morgan fingerprint density at radius 1 is 0.727 bits per heavy atom. The zero-order chi connectivity index (χ0) is 23.3. The van der Waals surface area contributed by atoms with Crippen molar-refractivity contribution in [3.63, 3.8) is 0 Å². The molecular formula is C31H48N2. The number of aryl methyl sites for hydroxylation is 3. The maximum absolute atomic E-state index is 4.67. The first-order valence-corrected chi connectivity index (χ1v) is 14.1. The van der Waals surface area contributed by atoms with E-state index in [2.05, 4.69) is 48.9 Å². The molecule has 0 atom stereocenters. The third kappa shape index (κ3) is 8.87. The van der Waals surface area contributed by atoms with Gasteiger partial charge in [-0.3, -0.25) is 0 Å². The van der Waals surface area contributed by atoms with Crippen LogP contribution in [0.1, 0.15) is 121 Å². The molecule has 1 fully saturated rings. The minimum absolute atomic E-state index is 0.940. The Morgan fingerprint density at radius 2 is 1.36 bits per heavy atom. The van der Waals surface area contributed by atoms with Crippen LogP contribution in [0.5, 0.6) is 0 Å². The SMILES string of the molecule is CCCCCCCCCc1ncc(-c2ccc(CCC3CCC(CCC)CC3)cc2C)cn1. The van der Waals surface area contributed by atoms with Crippen molar-refractivity contribution in [2.75, 3.05) is 0 Å². The lowest BCUT2D eigenvalue weighted by atomic mass is 9.78. The number of benzene rings is 1. The highest BCUT2D eigenvalue weighted by Gasteiger charge is 2.20. The molecule has 1 aromatic heterocycles. The van der Waals surface area contributed by atoms with Gasteiger partial charge in [0.2, 0.25) is 0 Å². The van der Waals surface area contributed by atoms with Crippen molar-refractivity contribution in [2.24, 2.45) is 11.8 Å². The summed E-state index contributed by atoms with van der Waals surface area (Å²) in [5, 5.41) is 0. The summed E-state index contributed by atoms with van der Waals surface area (Å²) >= 11 is 0. The summed E-state index contributed by atoms with van der Waals surface area (Å²) in [5.74, 6) is 2.95. The Labute approximate surface area is 204 Å². The molecule has 0 N–H and O–H groups in total. The first kappa shape index (κ1) is 25.9. The maximum atomic E-state index is 4.67. The van der Waals surface area contributed by atoms with E-state index in [-0.39, 0.29) is 0 Å². The van der Waals surface area contributed by atoms with E-state index in [1.807, 2.05) is 12.4 Å². The molecule has 0 aliphatic heterocycles. The first-order chi connectivity index (χ1) is 16.2. The molecule has 1 aromatic carbocycles. The van der Waals surface area contributed by atoms with Gasteiger partial charge in [-0.05, 0) is 54.7 Å². The first-order valence-electron chi connectivity index (χ1n) is 14.1. The van der Waals surface area contributed by atoms with Crippen molar-refractivity contribution in [2.45, 2.75) is 124 Å². The van der Waals surface area contributed by atoms with Crippen LogP contribution in [0.15, 0.2) is 30.6 Å². The van der Waals surface area contributed by atoms with Gasteiger partial charge in [0.1, 0.15) is 5.82 Å². The largest absolute Gasteiger partial charge is 0.241 e. The molecule has 33 heavy (non-hydrogen) atoms. The second-order valence-electron chi connectivity index (χ2n) is 10.6. The number of hydrogen-bond donors (Lipinski definition) is 0. The molecule has 0 unspecified atom stereocenters. The van der Waals surface area contributed by atoms with Crippen LogP contribution < -0.4 is 0 Å². The smallest absolute Gasteiger partial charge is 0.128 e. The van der Waals surface area contributed by atoms with Gasteiger partial charge in [0.25, 0.3) is 0 Å². The van der Waals surface area contributed by atoms with Gasteiger partial charge in [0.15, 0.2) is 0 Å². The Morgan fingerprint density at radius 3 is 2.00 bits per heavy atom. The van der Waals surface area contributed by atoms with E-state index in [1.165, 1.54) is 113 Å². The number of unbranched alkanes of at least 4 members (excludes halogenated alkanes) is 6. The van der Waals surface area contributed by atoms with E-state index in [4.69, 9.17) is 0 Å². The monoisotopic (exact) mass is 448 g/mol. The molecular weight excluding hydrogens is 400 g/mol. The minimum atomic E-state index is 0.940. The van der Waals surface area contributed by atoms with E-state index >= 15 is 0 Å². The third-order valence-corrected chi connectivity index (χ3v) is 7.82. The van der Waals surface area contributed by atoms with E-state index in [1.54, 1.807) is 0 Å². The summed E-state index contributed by atoms with van der Waals surface area (Å²) in [7, 11) is 0. The average molecular weight is 449 g/mol. The van der Waals surface area contributed by atoms with Gasteiger partial charge in [-0.2, -0.15) is 0 Å². The van der Waals surface area contributed by atoms with Gasteiger partial charge >= 0.3 is 0 Å². The fraction of sp³-hybridized carbons (Fsp3) is 0.677. The van der Waals surface area contributed by atoms with Crippen molar-refractivity contribution < 1.29 is 0 Å². The molecule has 0 saturated heterocycles. The molecule has 0 radical (unpaired) electrons. The summed E-state index contributed by atoms with van der Waals surface area (Å²) in [6.07, 6.45) is 25.6. The second-order valence-corrected chi connectivity index (χ2v) is 10.6. The normalized spacial score (nSPS) is 18.5. The summed E-state index contributed by atoms with van der Waals surface area (Å²) in [4.78, 5) is 9.34. The molecule has 2 heteroatoms. The average Bonchev–Trinajstić information content (AvgIpc) is 2.84. The molecule has 3 rings (SSSR count). The van der Waals surface area contributed by atoms with E-state index in [0.717, 1.165) is 29.6 Å². The van der Waals surface area contributed by atoms with Crippen molar-refractivity contribution in [3.05, 3.63) is 47.5 Å². The van der Waals surface area contributed by atoms with Gasteiger partial charge in [-0.15, -0.1) is 0 Å².